The van der Waals surface area contributed by atoms with Crippen molar-refractivity contribution >= 4 is 15.9 Å². The van der Waals surface area contributed by atoms with Gasteiger partial charge in [0.15, 0.2) is 0 Å². The maximum absolute atomic E-state index is 12.3. The molecule has 1 aromatic carbocycles. The van der Waals surface area contributed by atoms with E-state index in [9.17, 15) is 13.2 Å². The van der Waals surface area contributed by atoms with Crippen molar-refractivity contribution < 1.29 is 17.9 Å². The lowest BCUT2D eigenvalue weighted by Crippen LogP contribution is -2.05. The number of alkyl halides is 3. The fraction of sp³-hybridized carbons (Fsp3) is 0.125. The van der Waals surface area contributed by atoms with Crippen LogP contribution in [-0.2, 0) is 6.18 Å². The molecule has 0 atom stereocenters. The van der Waals surface area contributed by atoms with Crippen LogP contribution in [0.25, 0.3) is 0 Å². The van der Waals surface area contributed by atoms with E-state index in [2.05, 4.69) is 27.8 Å². The summed E-state index contributed by atoms with van der Waals surface area (Å²) in [4.78, 5) is 0. The van der Waals surface area contributed by atoms with Crippen molar-refractivity contribution in [2.45, 2.75) is 6.18 Å². The van der Waals surface area contributed by atoms with Gasteiger partial charge in [-0.25, -0.2) is 0 Å². The average Bonchev–Trinajstić information content (AvgIpc) is 2.03. The summed E-state index contributed by atoms with van der Waals surface area (Å²) in [5.41, 5.74) is -0.770. The van der Waals surface area contributed by atoms with Gasteiger partial charge in [-0.2, -0.15) is 13.2 Å². The van der Waals surface area contributed by atoms with Gasteiger partial charge in [-0.05, 0) is 18.2 Å². The number of hydrogen-bond donors (Lipinski definition) is 0. The van der Waals surface area contributed by atoms with Crippen LogP contribution in [0, 0.1) is 7.11 Å². The van der Waals surface area contributed by atoms with Gasteiger partial charge in [-0.1, -0.05) is 15.9 Å². The van der Waals surface area contributed by atoms with Crippen LogP contribution in [0.4, 0.5) is 13.2 Å². The molecule has 13 heavy (non-hydrogen) atoms. The Bertz CT molecular complexity index is 309. The highest BCUT2D eigenvalue weighted by atomic mass is 79.9. The molecule has 0 unspecified atom stereocenters. The van der Waals surface area contributed by atoms with E-state index in [1.54, 1.807) is 0 Å². The minimum absolute atomic E-state index is 0.0131. The van der Waals surface area contributed by atoms with Crippen molar-refractivity contribution in [3.05, 3.63) is 35.3 Å². The molecule has 0 fully saturated rings. The molecule has 0 spiro atoms. The highest BCUT2D eigenvalue weighted by molar-refractivity contribution is 9.10. The zero-order valence-electron chi connectivity index (χ0n) is 6.36. The summed E-state index contributed by atoms with van der Waals surface area (Å²) in [5, 5.41) is 0. The molecule has 71 valence electrons. The monoisotopic (exact) mass is 253 g/mol. The SMILES string of the molecule is [CH2]Oc1ccc(Br)c(C(F)(F)F)c1. The second-order valence-electron chi connectivity index (χ2n) is 2.28. The van der Waals surface area contributed by atoms with Crippen LogP contribution < -0.4 is 4.74 Å². The Hall–Kier alpha value is -0.710. The van der Waals surface area contributed by atoms with Crippen LogP contribution in [0.2, 0.25) is 0 Å². The Balaban J connectivity index is 3.19. The van der Waals surface area contributed by atoms with E-state index < -0.39 is 11.7 Å². The molecule has 0 aliphatic rings. The van der Waals surface area contributed by atoms with E-state index in [0.717, 1.165) is 6.07 Å². The zero-order chi connectivity index (χ0) is 10.1. The standard InChI is InChI=1S/C8H5BrF3O/c1-13-5-2-3-7(9)6(4-5)8(10,11)12/h2-4H,1H2. The van der Waals surface area contributed by atoms with Crippen molar-refractivity contribution in [2.75, 3.05) is 0 Å². The van der Waals surface area contributed by atoms with E-state index in [4.69, 9.17) is 0 Å². The first-order valence-corrected chi connectivity index (χ1v) is 4.03. The van der Waals surface area contributed by atoms with Crippen molar-refractivity contribution in [3.8, 4) is 5.75 Å². The van der Waals surface area contributed by atoms with Crippen molar-refractivity contribution in [1.29, 1.82) is 0 Å². The molecule has 0 heterocycles. The molecule has 1 radical (unpaired) electrons. The van der Waals surface area contributed by atoms with Gasteiger partial charge in [0.25, 0.3) is 0 Å². The van der Waals surface area contributed by atoms with E-state index in [0.29, 0.717) is 0 Å². The van der Waals surface area contributed by atoms with E-state index in [1.165, 1.54) is 12.1 Å². The van der Waals surface area contributed by atoms with Gasteiger partial charge in [-0.3, -0.25) is 0 Å². The summed E-state index contributed by atoms with van der Waals surface area (Å²) in [6.07, 6.45) is -4.38. The van der Waals surface area contributed by atoms with Crippen LogP contribution in [0.3, 0.4) is 0 Å². The molecular weight excluding hydrogens is 249 g/mol. The lowest BCUT2D eigenvalue weighted by molar-refractivity contribution is -0.138. The summed E-state index contributed by atoms with van der Waals surface area (Å²) in [5.74, 6) is 0.0792. The Labute approximate surface area is 81.6 Å². The van der Waals surface area contributed by atoms with Gasteiger partial charge in [0.2, 0.25) is 0 Å². The first kappa shape index (κ1) is 10.4. The highest BCUT2D eigenvalue weighted by Gasteiger charge is 2.33. The summed E-state index contributed by atoms with van der Waals surface area (Å²) in [7, 11) is 3.03. The van der Waals surface area contributed by atoms with E-state index in [1.807, 2.05) is 0 Å². The molecule has 0 saturated heterocycles. The number of halogens is 4. The van der Waals surface area contributed by atoms with Crippen molar-refractivity contribution in [3.63, 3.8) is 0 Å². The maximum Gasteiger partial charge on any atom is 0.417 e. The van der Waals surface area contributed by atoms with Gasteiger partial charge < -0.3 is 4.74 Å². The van der Waals surface area contributed by atoms with Gasteiger partial charge in [-0.15, -0.1) is 0 Å². The smallest absolute Gasteiger partial charge is 0.417 e. The molecule has 0 aromatic heterocycles. The first-order valence-electron chi connectivity index (χ1n) is 3.24. The first-order chi connectivity index (χ1) is 5.95. The van der Waals surface area contributed by atoms with Crippen LogP contribution in [0.5, 0.6) is 5.75 Å². The van der Waals surface area contributed by atoms with Gasteiger partial charge in [0, 0.05) is 4.47 Å². The van der Waals surface area contributed by atoms with Crippen LogP contribution in [0.15, 0.2) is 22.7 Å². The summed E-state index contributed by atoms with van der Waals surface area (Å²) >= 11 is 2.80. The molecule has 1 aromatic rings. The van der Waals surface area contributed by atoms with Gasteiger partial charge >= 0.3 is 6.18 Å². The van der Waals surface area contributed by atoms with Crippen molar-refractivity contribution in [2.24, 2.45) is 0 Å². The van der Waals surface area contributed by atoms with Gasteiger partial charge in [0.05, 0.1) is 5.56 Å². The van der Waals surface area contributed by atoms with E-state index in [-0.39, 0.29) is 10.2 Å². The second kappa shape index (κ2) is 3.57. The summed E-state index contributed by atoms with van der Waals surface area (Å²) < 4.78 is 41.2. The molecule has 0 amide bonds. The summed E-state index contributed by atoms with van der Waals surface area (Å²) in [6, 6.07) is 3.55. The van der Waals surface area contributed by atoms with Crippen LogP contribution >= 0.6 is 15.9 Å². The Morgan fingerprint density at radius 1 is 1.31 bits per heavy atom. The molecular formula is C8H5BrF3O. The lowest BCUT2D eigenvalue weighted by Gasteiger charge is -2.09. The zero-order valence-corrected chi connectivity index (χ0v) is 7.95. The molecule has 0 saturated carbocycles. The lowest BCUT2D eigenvalue weighted by atomic mass is 10.2. The highest BCUT2D eigenvalue weighted by Crippen LogP contribution is 2.36. The third-order valence-corrected chi connectivity index (χ3v) is 2.10. The molecule has 0 bridgehead atoms. The average molecular weight is 254 g/mol. The normalized spacial score (nSPS) is 11.5. The minimum Gasteiger partial charge on any atom is -0.490 e. The summed E-state index contributed by atoms with van der Waals surface area (Å²) in [6.45, 7) is 0. The molecule has 1 rings (SSSR count). The molecule has 1 nitrogen and oxygen atoms in total. The molecule has 0 N–H and O–H groups in total. The maximum atomic E-state index is 12.3. The molecule has 0 aliphatic heterocycles. The van der Waals surface area contributed by atoms with Crippen molar-refractivity contribution in [1.82, 2.24) is 0 Å². The quantitative estimate of drug-likeness (QED) is 0.743. The third-order valence-electron chi connectivity index (χ3n) is 1.41. The number of hydrogen-bond acceptors (Lipinski definition) is 1. The van der Waals surface area contributed by atoms with Gasteiger partial charge in [0.1, 0.15) is 12.9 Å². The third kappa shape index (κ3) is 2.37. The van der Waals surface area contributed by atoms with Crippen LogP contribution in [-0.4, -0.2) is 0 Å². The predicted molar refractivity (Wildman–Crippen MR) is 45.1 cm³/mol. The fourth-order valence-corrected chi connectivity index (χ4v) is 1.28. The minimum atomic E-state index is -4.38. The molecule has 5 heteroatoms. The predicted octanol–water partition coefficient (Wildman–Crippen LogP) is 3.64. The number of benzene rings is 1. The topological polar surface area (TPSA) is 9.23 Å². The number of ether oxygens (including phenoxy) is 1. The fourth-order valence-electron chi connectivity index (χ4n) is 0.811. The van der Waals surface area contributed by atoms with Crippen LogP contribution in [0.1, 0.15) is 5.56 Å². The Morgan fingerprint density at radius 3 is 2.38 bits per heavy atom. The largest absolute Gasteiger partial charge is 0.490 e. The second-order valence-corrected chi connectivity index (χ2v) is 3.14. The molecule has 0 aliphatic carbocycles. The Kier molecular flexibility index (Phi) is 2.85. The van der Waals surface area contributed by atoms with E-state index >= 15 is 0 Å². The Morgan fingerprint density at radius 2 is 1.92 bits per heavy atom. The number of rotatable bonds is 1.